The Balaban J connectivity index is 1.15. The molecule has 0 aliphatic rings. The summed E-state index contributed by atoms with van der Waals surface area (Å²) in [6, 6.07) is 72.5. The molecular weight excluding hydrogens is 649 g/mol. The molecule has 12 rings (SSSR count). The van der Waals surface area contributed by atoms with Gasteiger partial charge in [-0.25, -0.2) is 0 Å². The van der Waals surface area contributed by atoms with Crippen LogP contribution in [0.25, 0.3) is 120 Å². The van der Waals surface area contributed by atoms with Crippen LogP contribution in [0.1, 0.15) is 0 Å². The van der Waals surface area contributed by atoms with Crippen LogP contribution in [-0.4, -0.2) is 0 Å². The first kappa shape index (κ1) is 29.5. The van der Waals surface area contributed by atoms with Gasteiger partial charge in [0.15, 0.2) is 0 Å². The predicted octanol–water partition coefficient (Wildman–Crippen LogP) is 15.3. The molecule has 0 heteroatoms. The van der Waals surface area contributed by atoms with Gasteiger partial charge in [-0.1, -0.05) is 188 Å². The Hall–Kier alpha value is -7.02. The molecule has 0 spiro atoms. The molecule has 0 saturated heterocycles. The minimum atomic E-state index is 1.21. The zero-order valence-electron chi connectivity index (χ0n) is 29.5. The van der Waals surface area contributed by atoms with E-state index >= 15 is 0 Å². The van der Waals surface area contributed by atoms with Crippen molar-refractivity contribution in [3.8, 4) is 44.5 Å². The summed E-state index contributed by atoms with van der Waals surface area (Å²) in [4.78, 5) is 0. The van der Waals surface area contributed by atoms with E-state index in [2.05, 4.69) is 194 Å². The smallest absolute Gasteiger partial charge is 0.00204 e. The van der Waals surface area contributed by atoms with Crippen molar-refractivity contribution < 1.29 is 0 Å². The zero-order valence-corrected chi connectivity index (χ0v) is 29.5. The Morgan fingerprint density at radius 1 is 0.204 bits per heavy atom. The lowest BCUT2D eigenvalue weighted by Gasteiger charge is -2.21. The van der Waals surface area contributed by atoms with Gasteiger partial charge in [0.1, 0.15) is 0 Å². The van der Waals surface area contributed by atoms with Crippen LogP contribution in [0.4, 0.5) is 0 Å². The first-order valence-corrected chi connectivity index (χ1v) is 18.8. The average molecular weight is 681 g/mol. The van der Waals surface area contributed by atoms with Gasteiger partial charge < -0.3 is 0 Å². The first-order valence-electron chi connectivity index (χ1n) is 18.8. The summed E-state index contributed by atoms with van der Waals surface area (Å²) in [5, 5.41) is 18.2. The van der Waals surface area contributed by atoms with E-state index in [0.717, 1.165) is 0 Å². The molecule has 248 valence electrons. The van der Waals surface area contributed by atoms with Gasteiger partial charge in [0.05, 0.1) is 0 Å². The van der Waals surface area contributed by atoms with Crippen molar-refractivity contribution in [1.29, 1.82) is 0 Å². The van der Waals surface area contributed by atoms with Crippen LogP contribution in [-0.2, 0) is 0 Å². The van der Waals surface area contributed by atoms with E-state index in [0.29, 0.717) is 0 Å². The number of rotatable bonds is 4. The fourth-order valence-electron chi connectivity index (χ4n) is 9.53. The molecule has 0 aliphatic carbocycles. The quantitative estimate of drug-likeness (QED) is 0.162. The maximum absolute atomic E-state index is 2.43. The first-order chi connectivity index (χ1) is 26.8. The molecule has 0 N–H and O–H groups in total. The summed E-state index contributed by atoms with van der Waals surface area (Å²) in [6.07, 6.45) is 0. The van der Waals surface area contributed by atoms with Gasteiger partial charge in [-0.2, -0.15) is 0 Å². The maximum Gasteiger partial charge on any atom is -0.00204 e. The van der Waals surface area contributed by atoms with Crippen molar-refractivity contribution in [3.63, 3.8) is 0 Å². The van der Waals surface area contributed by atoms with Gasteiger partial charge in [-0.05, 0) is 126 Å². The highest BCUT2D eigenvalue weighted by molar-refractivity contribution is 6.28. The summed E-state index contributed by atoms with van der Waals surface area (Å²) >= 11 is 0. The highest BCUT2D eigenvalue weighted by atomic mass is 14.2. The lowest BCUT2D eigenvalue weighted by Crippen LogP contribution is -1.94. The summed E-state index contributed by atoms with van der Waals surface area (Å²) in [5.74, 6) is 0. The van der Waals surface area contributed by atoms with Gasteiger partial charge >= 0.3 is 0 Å². The van der Waals surface area contributed by atoms with Crippen LogP contribution in [0.15, 0.2) is 194 Å². The fraction of sp³-hybridized carbons (Fsp3) is 0. The Kier molecular flexibility index (Phi) is 6.15. The molecule has 54 heavy (non-hydrogen) atoms. The Morgan fingerprint density at radius 3 is 1.33 bits per heavy atom. The van der Waals surface area contributed by atoms with Crippen LogP contribution in [0.5, 0.6) is 0 Å². The van der Waals surface area contributed by atoms with Gasteiger partial charge in [0.25, 0.3) is 0 Å². The third-order valence-electron chi connectivity index (χ3n) is 12.0. The predicted molar refractivity (Wildman–Crippen MR) is 233 cm³/mol. The average Bonchev–Trinajstić information content (AvgIpc) is 3.24. The number of hydrogen-bond donors (Lipinski definition) is 0. The fourth-order valence-corrected chi connectivity index (χ4v) is 9.53. The topological polar surface area (TPSA) is 0 Å². The van der Waals surface area contributed by atoms with Crippen molar-refractivity contribution in [3.05, 3.63) is 194 Å². The molecule has 0 atom stereocenters. The molecule has 0 fully saturated rings. The molecule has 0 saturated carbocycles. The van der Waals surface area contributed by atoms with Gasteiger partial charge in [0.2, 0.25) is 0 Å². The lowest BCUT2D eigenvalue weighted by molar-refractivity contribution is 1.58. The van der Waals surface area contributed by atoms with E-state index in [9.17, 15) is 0 Å². The maximum atomic E-state index is 2.43. The Labute approximate surface area is 312 Å². The van der Waals surface area contributed by atoms with E-state index in [1.807, 2.05) is 0 Å². The third kappa shape index (κ3) is 4.20. The molecule has 0 bridgehead atoms. The number of hydrogen-bond acceptors (Lipinski definition) is 0. The van der Waals surface area contributed by atoms with Crippen molar-refractivity contribution in [1.82, 2.24) is 0 Å². The molecule has 0 heterocycles. The van der Waals surface area contributed by atoms with E-state index in [4.69, 9.17) is 0 Å². The summed E-state index contributed by atoms with van der Waals surface area (Å²) < 4.78 is 0. The number of benzene rings is 12. The molecular formula is C54H32. The van der Waals surface area contributed by atoms with Gasteiger partial charge in [-0.15, -0.1) is 0 Å². The summed E-state index contributed by atoms with van der Waals surface area (Å²) in [7, 11) is 0. The van der Waals surface area contributed by atoms with Gasteiger partial charge in [-0.3, -0.25) is 0 Å². The second-order valence-electron chi connectivity index (χ2n) is 14.8. The Morgan fingerprint density at radius 2 is 0.667 bits per heavy atom. The SMILES string of the molecule is c1ccc(-c2cc(-c3ccc4ccc5cccc6ccc3c4c56)ccc2-c2ccc3ccccc3c2-c2ccc3ccc4cccc5ccc2c3c45)cc1. The van der Waals surface area contributed by atoms with E-state index in [-0.39, 0.29) is 0 Å². The van der Waals surface area contributed by atoms with Gasteiger partial charge in [0, 0.05) is 0 Å². The lowest BCUT2D eigenvalue weighted by atomic mass is 9.82. The normalized spacial score (nSPS) is 12.1. The highest BCUT2D eigenvalue weighted by Crippen LogP contribution is 2.48. The molecule has 12 aromatic rings. The largest absolute Gasteiger partial charge is 0.0622 e. The van der Waals surface area contributed by atoms with Crippen molar-refractivity contribution >= 4 is 75.4 Å². The van der Waals surface area contributed by atoms with Crippen molar-refractivity contribution in [2.45, 2.75) is 0 Å². The van der Waals surface area contributed by atoms with E-state index in [1.165, 1.54) is 120 Å². The summed E-state index contributed by atoms with van der Waals surface area (Å²) in [6.45, 7) is 0. The van der Waals surface area contributed by atoms with Crippen molar-refractivity contribution in [2.24, 2.45) is 0 Å². The second kappa shape index (κ2) is 11.2. The molecule has 0 unspecified atom stereocenters. The molecule has 12 aromatic carbocycles. The monoisotopic (exact) mass is 680 g/mol. The standard InChI is InChI=1S/C54H32/c1-2-8-33(9-3-1)49-32-41(42-26-21-39-18-16-35-11-6-13-37-22-29-45(42)52(39)50(35)37)25-27-44(49)46-28-20-34-10-4-5-15-43(34)54(46)48-31-24-40-19-17-36-12-7-14-38-23-30-47(48)53(40)51(36)38/h1-32H. The minimum Gasteiger partial charge on any atom is -0.0622 e. The number of fused-ring (bicyclic) bond motifs is 1. The Bertz CT molecular complexity index is 3390. The van der Waals surface area contributed by atoms with Crippen LogP contribution in [0.2, 0.25) is 0 Å². The molecule has 0 radical (unpaired) electrons. The van der Waals surface area contributed by atoms with Crippen LogP contribution in [0, 0.1) is 0 Å². The van der Waals surface area contributed by atoms with Crippen LogP contribution >= 0.6 is 0 Å². The highest BCUT2D eigenvalue weighted by Gasteiger charge is 2.21. The summed E-state index contributed by atoms with van der Waals surface area (Å²) in [5.41, 5.74) is 9.94. The molecule has 0 aliphatic heterocycles. The molecule has 0 amide bonds. The third-order valence-corrected chi connectivity index (χ3v) is 12.0. The van der Waals surface area contributed by atoms with E-state index < -0.39 is 0 Å². The second-order valence-corrected chi connectivity index (χ2v) is 14.8. The minimum absolute atomic E-state index is 1.21. The molecule has 0 aromatic heterocycles. The van der Waals surface area contributed by atoms with Crippen LogP contribution < -0.4 is 0 Å². The molecule has 0 nitrogen and oxygen atoms in total. The zero-order chi connectivity index (χ0) is 35.3. The van der Waals surface area contributed by atoms with Crippen molar-refractivity contribution in [2.75, 3.05) is 0 Å². The van der Waals surface area contributed by atoms with E-state index in [1.54, 1.807) is 0 Å². The van der Waals surface area contributed by atoms with Crippen LogP contribution in [0.3, 0.4) is 0 Å².